The van der Waals surface area contributed by atoms with Crippen LogP contribution in [0, 0.1) is 5.92 Å². The third kappa shape index (κ3) is 8.79. The molecule has 6 heteroatoms. The van der Waals surface area contributed by atoms with Crippen LogP contribution in [0.4, 0.5) is 11.4 Å². The third-order valence-corrected chi connectivity index (χ3v) is 12.3. The minimum absolute atomic E-state index is 0.0534. The molecule has 0 bridgehead atoms. The van der Waals surface area contributed by atoms with E-state index < -0.39 is 13.9 Å². The molecule has 0 heterocycles. The van der Waals surface area contributed by atoms with Crippen LogP contribution in [0.3, 0.4) is 0 Å². The van der Waals surface area contributed by atoms with Gasteiger partial charge in [-0.1, -0.05) is 47.6 Å². The normalized spacial score (nSPS) is 20.3. The second-order valence-electron chi connectivity index (χ2n) is 13.9. The zero-order valence-corrected chi connectivity index (χ0v) is 26.0. The number of esters is 1. The van der Waals surface area contributed by atoms with E-state index in [1.165, 1.54) is 0 Å². The van der Waals surface area contributed by atoms with Crippen molar-refractivity contribution in [3.05, 3.63) is 23.8 Å². The van der Waals surface area contributed by atoms with Crippen molar-refractivity contribution in [2.75, 3.05) is 17.2 Å². The molecule has 36 heavy (non-hydrogen) atoms. The average molecular weight is 519 g/mol. The Kier molecular flexibility index (Phi) is 10.1. The Morgan fingerprint density at radius 1 is 1.06 bits per heavy atom. The lowest BCUT2D eigenvalue weighted by Crippen LogP contribution is -2.47. The van der Waals surface area contributed by atoms with Crippen LogP contribution in [0.15, 0.2) is 18.2 Å². The molecule has 1 fully saturated rings. The Morgan fingerprint density at radius 2 is 1.64 bits per heavy atom. The fraction of sp³-hybridized carbons (Fsp3) is 0.767. The summed E-state index contributed by atoms with van der Waals surface area (Å²) in [6, 6.07) is 6.83. The van der Waals surface area contributed by atoms with Crippen molar-refractivity contribution in [3.8, 4) is 0 Å². The lowest BCUT2D eigenvalue weighted by molar-refractivity contribution is -0.155. The van der Waals surface area contributed by atoms with Gasteiger partial charge in [0.2, 0.25) is 0 Å². The predicted octanol–water partition coefficient (Wildman–Crippen LogP) is 7.90. The molecule has 0 saturated heterocycles. The van der Waals surface area contributed by atoms with Gasteiger partial charge in [-0.25, -0.2) is 0 Å². The summed E-state index contributed by atoms with van der Waals surface area (Å²) in [6.07, 6.45) is 5.19. The van der Waals surface area contributed by atoms with Crippen molar-refractivity contribution in [2.45, 2.75) is 136 Å². The molecule has 0 amide bonds. The second kappa shape index (κ2) is 11.9. The van der Waals surface area contributed by atoms with Gasteiger partial charge in [0.15, 0.2) is 8.32 Å². The second-order valence-corrected chi connectivity index (χ2v) is 18.6. The van der Waals surface area contributed by atoms with Crippen LogP contribution in [0.2, 0.25) is 18.1 Å². The molecule has 0 spiro atoms. The first kappa shape index (κ1) is 30.7. The molecule has 1 saturated carbocycles. The topological polar surface area (TPSA) is 64.8 Å². The maximum absolute atomic E-state index is 12.3. The SMILES string of the molecule is CC(C)CN(c1ccc([C@H](C)CC(=O)OC(C)(C)C)cc1N)C1CCC(O[Si](C)(C)C(C)(C)C)CC1. The fourth-order valence-electron chi connectivity index (χ4n) is 4.80. The maximum atomic E-state index is 12.3. The fourth-order valence-corrected chi connectivity index (χ4v) is 6.22. The molecule has 206 valence electrons. The van der Waals surface area contributed by atoms with Gasteiger partial charge in [0.25, 0.3) is 0 Å². The standard InChI is InChI=1S/C30H54N2O3Si/c1-21(2)20-32(24-13-15-25(16-14-24)35-36(10,11)30(7,8)9)27-17-12-23(19-26(27)31)22(3)18-28(33)34-29(4,5)6/h12,17,19,21-22,24-25H,13-16,18,20,31H2,1-11H3/t22-,24?,25?/m1/s1. The monoisotopic (exact) mass is 518 g/mol. The quantitative estimate of drug-likeness (QED) is 0.204. The van der Waals surface area contributed by atoms with Gasteiger partial charge in [-0.15, -0.1) is 0 Å². The summed E-state index contributed by atoms with van der Waals surface area (Å²) >= 11 is 0. The van der Waals surface area contributed by atoms with Crippen LogP contribution in [0.25, 0.3) is 0 Å². The largest absolute Gasteiger partial charge is 0.460 e. The van der Waals surface area contributed by atoms with Gasteiger partial charge >= 0.3 is 5.97 Å². The Labute approximate surface area is 222 Å². The summed E-state index contributed by atoms with van der Waals surface area (Å²) < 4.78 is 12.3. The van der Waals surface area contributed by atoms with E-state index in [0.29, 0.717) is 24.5 Å². The molecule has 0 unspecified atom stereocenters. The number of benzene rings is 1. The number of hydrogen-bond acceptors (Lipinski definition) is 5. The lowest BCUT2D eigenvalue weighted by Gasteiger charge is -2.44. The molecular formula is C30H54N2O3Si. The molecule has 1 aromatic carbocycles. The van der Waals surface area contributed by atoms with Gasteiger partial charge < -0.3 is 19.8 Å². The first-order valence-electron chi connectivity index (χ1n) is 14.0. The zero-order chi connectivity index (χ0) is 27.5. The van der Waals surface area contributed by atoms with Gasteiger partial charge in [0.05, 0.1) is 17.8 Å². The van der Waals surface area contributed by atoms with Crippen molar-refractivity contribution < 1.29 is 14.0 Å². The van der Waals surface area contributed by atoms with E-state index in [1.807, 2.05) is 20.8 Å². The number of nitrogen functional groups attached to an aromatic ring is 1. The molecular weight excluding hydrogens is 464 g/mol. The van der Waals surface area contributed by atoms with Crippen molar-refractivity contribution in [1.82, 2.24) is 0 Å². The molecule has 1 atom stereocenters. The molecule has 2 rings (SSSR count). The van der Waals surface area contributed by atoms with Crippen LogP contribution in [-0.4, -0.2) is 38.6 Å². The smallest absolute Gasteiger partial charge is 0.306 e. The van der Waals surface area contributed by atoms with Crippen LogP contribution in [0.5, 0.6) is 0 Å². The summed E-state index contributed by atoms with van der Waals surface area (Å²) in [4.78, 5) is 14.9. The van der Waals surface area contributed by atoms with Crippen molar-refractivity contribution in [1.29, 1.82) is 0 Å². The van der Waals surface area contributed by atoms with Gasteiger partial charge in [0.1, 0.15) is 5.60 Å². The van der Waals surface area contributed by atoms with Gasteiger partial charge in [0, 0.05) is 18.7 Å². The summed E-state index contributed by atoms with van der Waals surface area (Å²) in [5, 5.41) is 0.240. The van der Waals surface area contributed by atoms with Crippen LogP contribution in [0.1, 0.15) is 106 Å². The Hall–Kier alpha value is -1.53. The van der Waals surface area contributed by atoms with E-state index >= 15 is 0 Å². The summed E-state index contributed by atoms with van der Waals surface area (Å²) in [5.41, 5.74) is 9.18. The van der Waals surface area contributed by atoms with Gasteiger partial charge in [-0.2, -0.15) is 0 Å². The molecule has 1 aliphatic rings. The number of hydrogen-bond donors (Lipinski definition) is 1. The first-order chi connectivity index (χ1) is 16.4. The molecule has 0 aromatic heterocycles. The lowest BCUT2D eigenvalue weighted by atomic mass is 9.90. The van der Waals surface area contributed by atoms with Crippen LogP contribution in [-0.2, 0) is 14.0 Å². The average Bonchev–Trinajstić information content (AvgIpc) is 2.70. The Bertz CT molecular complexity index is 862. The van der Waals surface area contributed by atoms with Crippen LogP contribution >= 0.6 is 0 Å². The highest BCUT2D eigenvalue weighted by Crippen LogP contribution is 2.40. The highest BCUT2D eigenvalue weighted by molar-refractivity contribution is 6.74. The highest BCUT2D eigenvalue weighted by Gasteiger charge is 2.40. The van der Waals surface area contributed by atoms with E-state index in [0.717, 1.165) is 49.2 Å². The van der Waals surface area contributed by atoms with E-state index in [9.17, 15) is 4.79 Å². The third-order valence-electron chi connectivity index (χ3n) is 7.74. The van der Waals surface area contributed by atoms with E-state index in [2.05, 4.69) is 77.7 Å². The number of carbonyl (C=O) groups is 1. The van der Waals surface area contributed by atoms with Gasteiger partial charge in [-0.05, 0) is 94.1 Å². The number of ether oxygens (including phenoxy) is 1. The predicted molar refractivity (Wildman–Crippen MR) is 156 cm³/mol. The van der Waals surface area contributed by atoms with Gasteiger partial charge in [-0.3, -0.25) is 4.79 Å². The summed E-state index contributed by atoms with van der Waals surface area (Å²) in [5.74, 6) is 0.421. The number of anilines is 2. The highest BCUT2D eigenvalue weighted by atomic mass is 28.4. The molecule has 1 aromatic rings. The number of carbonyl (C=O) groups excluding carboxylic acids is 1. The van der Waals surface area contributed by atoms with Crippen molar-refractivity contribution >= 4 is 25.7 Å². The summed E-state index contributed by atoms with van der Waals surface area (Å²) in [6.45, 7) is 25.0. The van der Waals surface area contributed by atoms with E-state index in [1.54, 1.807) is 0 Å². The minimum atomic E-state index is -1.75. The van der Waals surface area contributed by atoms with Crippen molar-refractivity contribution in [2.24, 2.45) is 5.92 Å². The van der Waals surface area contributed by atoms with E-state index in [4.69, 9.17) is 14.9 Å². The Balaban J connectivity index is 2.12. The van der Waals surface area contributed by atoms with E-state index in [-0.39, 0.29) is 16.9 Å². The summed E-state index contributed by atoms with van der Waals surface area (Å²) in [7, 11) is -1.75. The molecule has 1 aliphatic carbocycles. The number of rotatable bonds is 9. The maximum Gasteiger partial charge on any atom is 0.306 e. The first-order valence-corrected chi connectivity index (χ1v) is 16.9. The zero-order valence-electron chi connectivity index (χ0n) is 25.0. The van der Waals surface area contributed by atoms with Crippen molar-refractivity contribution in [3.63, 3.8) is 0 Å². The molecule has 2 N–H and O–H groups in total. The Morgan fingerprint density at radius 3 is 2.11 bits per heavy atom. The minimum Gasteiger partial charge on any atom is -0.460 e. The molecule has 5 nitrogen and oxygen atoms in total. The molecule has 0 aliphatic heterocycles. The molecule has 0 radical (unpaired) electrons. The number of nitrogens with zero attached hydrogens (tertiary/aromatic N) is 1. The number of nitrogens with two attached hydrogens (primary N) is 1. The van der Waals surface area contributed by atoms with Crippen LogP contribution < -0.4 is 10.6 Å².